The minimum atomic E-state index is 0.868. The molecule has 0 atom stereocenters. The first-order chi connectivity index (χ1) is 10.4. The largest absolute Gasteiger partial charge is 0.381 e. The quantitative estimate of drug-likeness (QED) is 0.642. The van der Waals surface area contributed by atoms with E-state index in [9.17, 15) is 0 Å². The van der Waals surface area contributed by atoms with Crippen LogP contribution in [0.4, 0.5) is 0 Å². The van der Waals surface area contributed by atoms with Crippen LogP contribution in [0, 0.1) is 0 Å². The van der Waals surface area contributed by atoms with E-state index in [1.165, 1.54) is 28.8 Å². The Morgan fingerprint density at radius 3 is 2.67 bits per heavy atom. The molecule has 0 radical (unpaired) electrons. The predicted octanol–water partition coefficient (Wildman–Crippen LogP) is 4.71. The van der Waals surface area contributed by atoms with Gasteiger partial charge >= 0.3 is 0 Å². The van der Waals surface area contributed by atoms with Crippen molar-refractivity contribution in [2.45, 2.75) is 32.7 Å². The Morgan fingerprint density at radius 2 is 1.86 bits per heavy atom. The molecule has 1 aromatic heterocycles. The molecule has 0 aliphatic carbocycles. The molecule has 3 heteroatoms. The van der Waals surface area contributed by atoms with Gasteiger partial charge in [-0.3, -0.25) is 0 Å². The second-order valence-electron chi connectivity index (χ2n) is 5.16. The summed E-state index contributed by atoms with van der Waals surface area (Å²) in [5.41, 5.74) is 2.62. The molecular formula is C18H25NOS. The summed E-state index contributed by atoms with van der Waals surface area (Å²) in [5, 5.41) is 5.72. The van der Waals surface area contributed by atoms with Crippen molar-refractivity contribution >= 4 is 11.3 Å². The fourth-order valence-corrected chi connectivity index (χ4v) is 2.98. The Hall–Kier alpha value is -1.16. The summed E-state index contributed by atoms with van der Waals surface area (Å²) < 4.78 is 5.55. The molecule has 2 aromatic rings. The Balaban J connectivity index is 1.63. The molecule has 0 fully saturated rings. The van der Waals surface area contributed by atoms with Crippen LogP contribution in [0.3, 0.4) is 0 Å². The summed E-state index contributed by atoms with van der Waals surface area (Å²) in [7, 11) is 0. The zero-order chi connectivity index (χ0) is 14.8. The van der Waals surface area contributed by atoms with Gasteiger partial charge in [-0.1, -0.05) is 43.7 Å². The van der Waals surface area contributed by atoms with Crippen LogP contribution in [0.1, 0.15) is 31.1 Å². The molecule has 114 valence electrons. The van der Waals surface area contributed by atoms with Gasteiger partial charge in [0.05, 0.1) is 0 Å². The van der Waals surface area contributed by atoms with Crippen LogP contribution in [-0.2, 0) is 11.3 Å². The molecular weight excluding hydrogens is 278 g/mol. The maximum absolute atomic E-state index is 5.55. The highest BCUT2D eigenvalue weighted by atomic mass is 32.1. The van der Waals surface area contributed by atoms with E-state index < -0.39 is 0 Å². The normalized spacial score (nSPS) is 10.9. The Bertz CT molecular complexity index is 495. The van der Waals surface area contributed by atoms with Gasteiger partial charge in [0, 0.05) is 24.6 Å². The van der Waals surface area contributed by atoms with E-state index in [1.807, 2.05) is 11.3 Å². The van der Waals surface area contributed by atoms with E-state index in [1.54, 1.807) is 0 Å². The molecule has 1 N–H and O–H groups in total. The molecule has 0 aliphatic heterocycles. The van der Waals surface area contributed by atoms with Crippen molar-refractivity contribution in [1.82, 2.24) is 5.32 Å². The lowest BCUT2D eigenvalue weighted by Gasteiger charge is -2.04. The average Bonchev–Trinajstić information content (AvgIpc) is 3.00. The third-order valence-corrected chi connectivity index (χ3v) is 4.28. The first-order valence-corrected chi connectivity index (χ1v) is 8.69. The number of hydrogen-bond acceptors (Lipinski definition) is 3. The lowest BCUT2D eigenvalue weighted by molar-refractivity contribution is 0.129. The summed E-state index contributed by atoms with van der Waals surface area (Å²) in [6.45, 7) is 5.93. The van der Waals surface area contributed by atoms with Gasteiger partial charge in [-0.05, 0) is 42.0 Å². The van der Waals surface area contributed by atoms with Crippen LogP contribution in [0.2, 0.25) is 0 Å². The first kappa shape index (κ1) is 16.2. The van der Waals surface area contributed by atoms with Crippen LogP contribution in [0.25, 0.3) is 11.1 Å². The molecule has 0 aliphatic rings. The highest BCUT2D eigenvalue weighted by Gasteiger charge is 2.01. The number of unbranched alkanes of at least 4 members (excludes halogenated alkanes) is 1. The molecule has 2 rings (SSSR count). The van der Waals surface area contributed by atoms with E-state index >= 15 is 0 Å². The van der Waals surface area contributed by atoms with E-state index in [-0.39, 0.29) is 0 Å². The molecule has 0 spiro atoms. The minimum absolute atomic E-state index is 0.868. The van der Waals surface area contributed by atoms with Crippen molar-refractivity contribution in [3.8, 4) is 11.1 Å². The molecule has 2 nitrogen and oxygen atoms in total. The lowest BCUT2D eigenvalue weighted by atomic mass is 10.1. The van der Waals surface area contributed by atoms with Gasteiger partial charge in [0.1, 0.15) is 0 Å². The van der Waals surface area contributed by atoms with Crippen LogP contribution < -0.4 is 5.32 Å². The molecule has 0 unspecified atom stereocenters. The standard InChI is InChI=1S/C18H25NOS/c1-2-3-11-20-12-7-10-19-14-18-13-17(15-21-18)16-8-5-4-6-9-16/h4-6,8-9,13,15,19H,2-3,7,10-12,14H2,1H3. The van der Waals surface area contributed by atoms with Crippen molar-refractivity contribution < 1.29 is 4.74 Å². The van der Waals surface area contributed by atoms with Crippen molar-refractivity contribution in [3.63, 3.8) is 0 Å². The fourth-order valence-electron chi connectivity index (χ4n) is 2.11. The summed E-state index contributed by atoms with van der Waals surface area (Å²) in [6.07, 6.45) is 3.46. The third kappa shape index (κ3) is 6.00. The molecule has 1 aromatic carbocycles. The van der Waals surface area contributed by atoms with E-state index in [0.717, 1.165) is 32.7 Å². The van der Waals surface area contributed by atoms with Gasteiger partial charge in [-0.25, -0.2) is 0 Å². The zero-order valence-electron chi connectivity index (χ0n) is 12.8. The Labute approximate surface area is 132 Å². The molecule has 0 bridgehead atoms. The first-order valence-electron chi connectivity index (χ1n) is 7.81. The summed E-state index contributed by atoms with van der Waals surface area (Å²) >= 11 is 1.83. The molecule has 0 saturated heterocycles. The van der Waals surface area contributed by atoms with E-state index in [0.29, 0.717) is 0 Å². The van der Waals surface area contributed by atoms with Crippen molar-refractivity contribution in [2.75, 3.05) is 19.8 Å². The summed E-state index contributed by atoms with van der Waals surface area (Å²) in [5.74, 6) is 0. The van der Waals surface area contributed by atoms with Gasteiger partial charge in [0.25, 0.3) is 0 Å². The number of thiophene rings is 1. The number of hydrogen-bond donors (Lipinski definition) is 1. The second kappa shape index (κ2) is 9.72. The predicted molar refractivity (Wildman–Crippen MR) is 91.8 cm³/mol. The SMILES string of the molecule is CCCCOCCCNCc1cc(-c2ccccc2)cs1. The highest BCUT2D eigenvalue weighted by Crippen LogP contribution is 2.25. The number of rotatable bonds is 10. The van der Waals surface area contributed by atoms with Crippen LogP contribution in [-0.4, -0.2) is 19.8 Å². The van der Waals surface area contributed by atoms with E-state index in [2.05, 4.69) is 54.0 Å². The summed E-state index contributed by atoms with van der Waals surface area (Å²) in [6, 6.07) is 12.8. The smallest absolute Gasteiger partial charge is 0.0478 e. The maximum Gasteiger partial charge on any atom is 0.0478 e. The average molecular weight is 303 g/mol. The Kier molecular flexibility index (Phi) is 7.50. The van der Waals surface area contributed by atoms with Gasteiger partial charge in [-0.2, -0.15) is 0 Å². The zero-order valence-corrected chi connectivity index (χ0v) is 13.6. The second-order valence-corrected chi connectivity index (χ2v) is 6.16. The fraction of sp³-hybridized carbons (Fsp3) is 0.444. The van der Waals surface area contributed by atoms with Crippen LogP contribution in [0.15, 0.2) is 41.8 Å². The van der Waals surface area contributed by atoms with Gasteiger partial charge < -0.3 is 10.1 Å². The highest BCUT2D eigenvalue weighted by molar-refractivity contribution is 7.10. The van der Waals surface area contributed by atoms with Crippen molar-refractivity contribution in [2.24, 2.45) is 0 Å². The number of ether oxygens (including phenoxy) is 1. The minimum Gasteiger partial charge on any atom is -0.381 e. The maximum atomic E-state index is 5.55. The van der Waals surface area contributed by atoms with E-state index in [4.69, 9.17) is 4.74 Å². The summed E-state index contributed by atoms with van der Waals surface area (Å²) in [4.78, 5) is 1.39. The van der Waals surface area contributed by atoms with Gasteiger partial charge in [-0.15, -0.1) is 11.3 Å². The van der Waals surface area contributed by atoms with Crippen LogP contribution in [0.5, 0.6) is 0 Å². The topological polar surface area (TPSA) is 21.3 Å². The molecule has 0 amide bonds. The molecule has 1 heterocycles. The van der Waals surface area contributed by atoms with Crippen molar-refractivity contribution in [3.05, 3.63) is 46.7 Å². The van der Waals surface area contributed by atoms with Crippen molar-refractivity contribution in [1.29, 1.82) is 0 Å². The third-order valence-electron chi connectivity index (χ3n) is 3.34. The van der Waals surface area contributed by atoms with Crippen LogP contribution >= 0.6 is 11.3 Å². The van der Waals surface area contributed by atoms with Gasteiger partial charge in [0.2, 0.25) is 0 Å². The lowest BCUT2D eigenvalue weighted by Crippen LogP contribution is -2.15. The molecule has 21 heavy (non-hydrogen) atoms. The number of benzene rings is 1. The number of nitrogens with one attached hydrogen (secondary N) is 1. The Morgan fingerprint density at radius 1 is 1.05 bits per heavy atom. The molecule has 0 saturated carbocycles. The van der Waals surface area contributed by atoms with Gasteiger partial charge in [0.15, 0.2) is 0 Å². The monoisotopic (exact) mass is 303 g/mol.